The van der Waals surface area contributed by atoms with Gasteiger partial charge in [0, 0.05) is 17.6 Å². The van der Waals surface area contributed by atoms with Gasteiger partial charge in [0.1, 0.15) is 5.69 Å². The molecule has 2 amide bonds. The number of fused-ring (bicyclic) bond motifs is 1. The molecule has 0 saturated heterocycles. The molecule has 1 N–H and O–H groups in total. The van der Waals surface area contributed by atoms with Crippen LogP contribution in [0.4, 0.5) is 10.5 Å². The normalized spacial score (nSPS) is 10.6. The van der Waals surface area contributed by atoms with Crippen molar-refractivity contribution in [2.75, 3.05) is 11.4 Å². The predicted molar refractivity (Wildman–Crippen MR) is 85.7 cm³/mol. The maximum Gasteiger partial charge on any atom is 0.322 e. The molecule has 0 atom stereocenters. The van der Waals surface area contributed by atoms with Gasteiger partial charge in [-0.15, -0.1) is 0 Å². The molecule has 1 heterocycles. The van der Waals surface area contributed by atoms with Gasteiger partial charge in [-0.2, -0.15) is 0 Å². The van der Waals surface area contributed by atoms with E-state index in [9.17, 15) is 4.79 Å². The van der Waals surface area contributed by atoms with Crippen molar-refractivity contribution in [3.8, 4) is 0 Å². The third-order valence-electron chi connectivity index (χ3n) is 3.49. The number of hydrogen-bond acceptors (Lipinski definition) is 3. The molecule has 0 aliphatic carbocycles. The quantitative estimate of drug-likeness (QED) is 0.800. The van der Waals surface area contributed by atoms with Crippen LogP contribution in [0.2, 0.25) is 0 Å². The lowest BCUT2D eigenvalue weighted by molar-refractivity contribution is 0.246. The first-order valence-corrected chi connectivity index (χ1v) is 7.23. The summed E-state index contributed by atoms with van der Waals surface area (Å²) in [4.78, 5) is 14.0. The van der Waals surface area contributed by atoms with Gasteiger partial charge in [-0.1, -0.05) is 35.5 Å². The van der Waals surface area contributed by atoms with Crippen molar-refractivity contribution >= 4 is 22.7 Å². The van der Waals surface area contributed by atoms with Crippen LogP contribution >= 0.6 is 0 Å². The highest BCUT2D eigenvalue weighted by molar-refractivity contribution is 5.92. The zero-order valence-electron chi connectivity index (χ0n) is 12.3. The number of hydrogen-bond donors (Lipinski definition) is 1. The second-order valence-corrected chi connectivity index (χ2v) is 4.86. The molecule has 112 valence electrons. The van der Waals surface area contributed by atoms with Crippen LogP contribution in [0.3, 0.4) is 0 Å². The molecule has 0 aliphatic heterocycles. The number of carbonyl (C=O) groups excluding carboxylic acids is 1. The van der Waals surface area contributed by atoms with E-state index in [1.54, 1.807) is 4.90 Å². The average molecular weight is 295 g/mol. The Hall–Kier alpha value is -2.82. The molecule has 0 fully saturated rings. The summed E-state index contributed by atoms with van der Waals surface area (Å²) in [6, 6.07) is 17.0. The Morgan fingerprint density at radius 3 is 2.64 bits per heavy atom. The molecule has 3 rings (SSSR count). The molecule has 5 heteroatoms. The number of carbonyl (C=O) groups is 1. The zero-order valence-corrected chi connectivity index (χ0v) is 12.3. The van der Waals surface area contributed by atoms with Crippen molar-refractivity contribution in [1.29, 1.82) is 0 Å². The number of nitrogens with zero attached hydrogens (tertiary/aromatic N) is 2. The van der Waals surface area contributed by atoms with Gasteiger partial charge < -0.3 is 9.84 Å². The summed E-state index contributed by atoms with van der Waals surface area (Å²) >= 11 is 0. The molecule has 1 aromatic heterocycles. The second kappa shape index (κ2) is 6.30. The fourth-order valence-corrected chi connectivity index (χ4v) is 2.37. The molecule has 5 nitrogen and oxygen atoms in total. The lowest BCUT2D eigenvalue weighted by atomic mass is 10.2. The molecule has 3 aromatic rings. The maximum absolute atomic E-state index is 12.4. The number of nitrogens with one attached hydrogen (secondary N) is 1. The molecule has 22 heavy (non-hydrogen) atoms. The molecule has 0 unspecified atom stereocenters. The smallest absolute Gasteiger partial charge is 0.322 e. The van der Waals surface area contributed by atoms with Crippen molar-refractivity contribution in [2.24, 2.45) is 0 Å². The van der Waals surface area contributed by atoms with Crippen LogP contribution in [0.5, 0.6) is 0 Å². The van der Waals surface area contributed by atoms with Crippen molar-refractivity contribution in [1.82, 2.24) is 10.5 Å². The minimum atomic E-state index is -0.152. The van der Waals surface area contributed by atoms with Crippen LogP contribution in [-0.2, 0) is 6.54 Å². The van der Waals surface area contributed by atoms with E-state index in [0.717, 1.165) is 22.4 Å². The van der Waals surface area contributed by atoms with Crippen LogP contribution in [-0.4, -0.2) is 17.7 Å². The minimum absolute atomic E-state index is 0.152. The van der Waals surface area contributed by atoms with Crippen LogP contribution in [0.15, 0.2) is 59.1 Å². The molecule has 0 bridgehead atoms. The summed E-state index contributed by atoms with van der Waals surface area (Å²) in [6.07, 6.45) is 0. The Morgan fingerprint density at radius 1 is 1.14 bits per heavy atom. The van der Waals surface area contributed by atoms with Crippen molar-refractivity contribution < 1.29 is 9.32 Å². The number of urea groups is 1. The van der Waals surface area contributed by atoms with Crippen molar-refractivity contribution in [3.63, 3.8) is 0 Å². The van der Waals surface area contributed by atoms with Gasteiger partial charge in [-0.25, -0.2) is 4.79 Å². The number of para-hydroxylation sites is 2. The highest BCUT2D eigenvalue weighted by atomic mass is 16.5. The van der Waals surface area contributed by atoms with Crippen LogP contribution in [0.1, 0.15) is 12.6 Å². The van der Waals surface area contributed by atoms with E-state index < -0.39 is 0 Å². The SMILES string of the molecule is CCN(C(=O)NCc1noc2ccccc12)c1ccccc1. The van der Waals surface area contributed by atoms with Crippen LogP contribution in [0, 0.1) is 0 Å². The molecular weight excluding hydrogens is 278 g/mol. The highest BCUT2D eigenvalue weighted by Crippen LogP contribution is 2.18. The van der Waals surface area contributed by atoms with Gasteiger partial charge in [0.05, 0.1) is 6.54 Å². The summed E-state index contributed by atoms with van der Waals surface area (Å²) in [6.45, 7) is 2.87. The lowest BCUT2D eigenvalue weighted by Crippen LogP contribution is -2.39. The number of amides is 2. The standard InChI is InChI=1S/C17H17N3O2/c1-2-20(13-8-4-3-5-9-13)17(21)18-12-15-14-10-6-7-11-16(14)22-19-15/h3-11H,2,12H2,1H3,(H,18,21). The Balaban J connectivity index is 1.71. The average Bonchev–Trinajstić information content (AvgIpc) is 2.98. The van der Waals surface area contributed by atoms with Crippen molar-refractivity contribution in [2.45, 2.75) is 13.5 Å². The van der Waals surface area contributed by atoms with E-state index in [1.807, 2.05) is 61.5 Å². The topological polar surface area (TPSA) is 58.4 Å². The van der Waals surface area contributed by atoms with E-state index >= 15 is 0 Å². The Morgan fingerprint density at radius 2 is 1.86 bits per heavy atom. The number of rotatable bonds is 4. The summed E-state index contributed by atoms with van der Waals surface area (Å²) < 4.78 is 5.24. The highest BCUT2D eigenvalue weighted by Gasteiger charge is 2.14. The van der Waals surface area contributed by atoms with Gasteiger partial charge >= 0.3 is 6.03 Å². The summed E-state index contributed by atoms with van der Waals surface area (Å²) in [5.41, 5.74) is 2.32. The molecular formula is C17H17N3O2. The fourth-order valence-electron chi connectivity index (χ4n) is 2.37. The second-order valence-electron chi connectivity index (χ2n) is 4.86. The Kier molecular flexibility index (Phi) is 4.05. The molecule has 2 aromatic carbocycles. The summed E-state index contributed by atoms with van der Waals surface area (Å²) in [7, 11) is 0. The van der Waals surface area contributed by atoms with Gasteiger partial charge in [0.2, 0.25) is 0 Å². The minimum Gasteiger partial charge on any atom is -0.356 e. The number of aromatic nitrogens is 1. The zero-order chi connectivity index (χ0) is 15.4. The number of benzene rings is 2. The third kappa shape index (κ3) is 2.79. The summed E-state index contributed by atoms with van der Waals surface area (Å²) in [5, 5.41) is 7.83. The van der Waals surface area contributed by atoms with Gasteiger partial charge in [-0.3, -0.25) is 4.90 Å². The Bertz CT molecular complexity index is 768. The monoisotopic (exact) mass is 295 g/mol. The fraction of sp³-hybridized carbons (Fsp3) is 0.176. The molecule has 0 aliphatic rings. The predicted octanol–water partition coefficient (Wildman–Crippen LogP) is 3.56. The first-order valence-electron chi connectivity index (χ1n) is 7.23. The molecule has 0 spiro atoms. The lowest BCUT2D eigenvalue weighted by Gasteiger charge is -2.21. The van der Waals surface area contributed by atoms with Crippen LogP contribution < -0.4 is 10.2 Å². The van der Waals surface area contributed by atoms with Gasteiger partial charge in [0.25, 0.3) is 0 Å². The van der Waals surface area contributed by atoms with E-state index in [-0.39, 0.29) is 6.03 Å². The van der Waals surface area contributed by atoms with Gasteiger partial charge in [-0.05, 0) is 31.2 Å². The summed E-state index contributed by atoms with van der Waals surface area (Å²) in [5.74, 6) is 0. The molecule has 0 radical (unpaired) electrons. The van der Waals surface area contributed by atoms with Gasteiger partial charge in [0.15, 0.2) is 5.58 Å². The molecule has 0 saturated carbocycles. The largest absolute Gasteiger partial charge is 0.356 e. The number of anilines is 1. The van der Waals surface area contributed by atoms with E-state index in [4.69, 9.17) is 4.52 Å². The third-order valence-corrected chi connectivity index (χ3v) is 3.49. The van der Waals surface area contributed by atoms with E-state index in [2.05, 4.69) is 10.5 Å². The first-order chi connectivity index (χ1) is 10.8. The van der Waals surface area contributed by atoms with E-state index in [1.165, 1.54) is 0 Å². The Labute approximate surface area is 128 Å². The van der Waals surface area contributed by atoms with Crippen molar-refractivity contribution in [3.05, 3.63) is 60.3 Å². The van der Waals surface area contributed by atoms with E-state index in [0.29, 0.717) is 13.1 Å². The van der Waals surface area contributed by atoms with Crippen LogP contribution in [0.25, 0.3) is 11.0 Å². The first kappa shape index (κ1) is 14.1. The maximum atomic E-state index is 12.4.